The Morgan fingerprint density at radius 1 is 1.27 bits per heavy atom. The highest BCUT2D eigenvalue weighted by Gasteiger charge is 2.29. The predicted molar refractivity (Wildman–Crippen MR) is 104 cm³/mol. The molecule has 2 aromatic heterocycles. The third-order valence-electron chi connectivity index (χ3n) is 4.92. The van der Waals surface area contributed by atoms with Gasteiger partial charge in [-0.3, -0.25) is 4.90 Å². The first-order valence-corrected chi connectivity index (χ1v) is 9.70. The molecule has 1 aromatic carbocycles. The van der Waals surface area contributed by atoms with Gasteiger partial charge < -0.3 is 14.5 Å². The van der Waals surface area contributed by atoms with Crippen molar-refractivity contribution in [2.75, 3.05) is 20.8 Å². The number of imidazole rings is 1. The lowest BCUT2D eigenvalue weighted by Gasteiger charge is -2.26. The largest absolute Gasteiger partial charge is 0.497 e. The van der Waals surface area contributed by atoms with E-state index >= 15 is 0 Å². The minimum absolute atomic E-state index is 0.327. The Hall–Kier alpha value is -2.31. The molecule has 1 aliphatic rings. The van der Waals surface area contributed by atoms with Crippen LogP contribution in [-0.4, -0.2) is 35.6 Å². The summed E-state index contributed by atoms with van der Waals surface area (Å²) in [5.74, 6) is 2.74. The Balaban J connectivity index is 1.56. The third-order valence-corrected chi connectivity index (χ3v) is 5.79. The molecule has 0 radical (unpaired) electrons. The number of nitrogens with zero attached hydrogens (tertiary/aromatic N) is 2. The molecule has 0 saturated carbocycles. The number of nitrogens with one attached hydrogen (secondary N) is 1. The van der Waals surface area contributed by atoms with Crippen LogP contribution in [0.4, 0.5) is 0 Å². The summed E-state index contributed by atoms with van der Waals surface area (Å²) in [5.41, 5.74) is 2.34. The normalized spacial score (nSPS) is 17.5. The van der Waals surface area contributed by atoms with Gasteiger partial charge in [-0.2, -0.15) is 0 Å². The van der Waals surface area contributed by atoms with E-state index in [4.69, 9.17) is 9.47 Å². The number of benzene rings is 1. The number of likely N-dealkylation sites (tertiary alicyclic amines) is 1. The van der Waals surface area contributed by atoms with Crippen molar-refractivity contribution < 1.29 is 9.47 Å². The lowest BCUT2D eigenvalue weighted by atomic mass is 10.0. The monoisotopic (exact) mass is 369 g/mol. The Bertz CT molecular complexity index is 860. The second kappa shape index (κ2) is 7.51. The minimum Gasteiger partial charge on any atom is -0.497 e. The van der Waals surface area contributed by atoms with E-state index in [0.29, 0.717) is 6.04 Å². The summed E-state index contributed by atoms with van der Waals surface area (Å²) < 4.78 is 11.0. The second-order valence-electron chi connectivity index (χ2n) is 6.47. The topological polar surface area (TPSA) is 50.4 Å². The molecule has 0 amide bonds. The van der Waals surface area contributed by atoms with Gasteiger partial charge in [0.25, 0.3) is 0 Å². The van der Waals surface area contributed by atoms with E-state index in [-0.39, 0.29) is 0 Å². The number of methoxy groups -OCH3 is 2. The number of aromatic nitrogens is 2. The van der Waals surface area contributed by atoms with Gasteiger partial charge in [0, 0.05) is 30.0 Å². The SMILES string of the molecule is COc1ccc(OC)c([C@H]2CCCN2Cc2cnc(-c3cccs3)[nH]2)c1. The fourth-order valence-corrected chi connectivity index (χ4v) is 4.34. The standard InChI is InChI=1S/C20H23N3O2S/c1-24-15-7-8-18(25-2)16(11-15)17-5-3-9-23(17)13-14-12-21-20(22-14)19-6-4-10-26-19/h4,6-8,10-12,17H,3,5,9,13H2,1-2H3,(H,21,22)/t17-/m1/s1. The van der Waals surface area contributed by atoms with Crippen LogP contribution >= 0.6 is 11.3 Å². The number of ether oxygens (including phenoxy) is 2. The molecular formula is C20H23N3O2S. The maximum Gasteiger partial charge on any atom is 0.147 e. The number of hydrogen-bond donors (Lipinski definition) is 1. The molecule has 1 aliphatic heterocycles. The van der Waals surface area contributed by atoms with Crippen LogP contribution in [0, 0.1) is 0 Å². The van der Waals surface area contributed by atoms with E-state index in [1.54, 1.807) is 25.6 Å². The van der Waals surface area contributed by atoms with Gasteiger partial charge in [-0.15, -0.1) is 11.3 Å². The van der Waals surface area contributed by atoms with Crippen molar-refractivity contribution >= 4 is 11.3 Å². The van der Waals surface area contributed by atoms with Gasteiger partial charge in [0.1, 0.15) is 17.3 Å². The molecule has 4 rings (SSSR count). The van der Waals surface area contributed by atoms with Crippen molar-refractivity contribution in [1.29, 1.82) is 0 Å². The Kier molecular flexibility index (Phi) is 4.95. The first-order chi connectivity index (χ1) is 12.8. The van der Waals surface area contributed by atoms with Crippen LogP contribution in [0.5, 0.6) is 11.5 Å². The highest BCUT2D eigenvalue weighted by molar-refractivity contribution is 7.13. The number of thiophene rings is 1. The zero-order valence-electron chi connectivity index (χ0n) is 15.1. The minimum atomic E-state index is 0.327. The van der Waals surface area contributed by atoms with Gasteiger partial charge in [-0.05, 0) is 49.0 Å². The molecule has 5 nitrogen and oxygen atoms in total. The molecule has 26 heavy (non-hydrogen) atoms. The van der Waals surface area contributed by atoms with Crippen LogP contribution in [0.2, 0.25) is 0 Å². The Morgan fingerprint density at radius 2 is 2.19 bits per heavy atom. The van der Waals surface area contributed by atoms with E-state index in [1.807, 2.05) is 24.4 Å². The summed E-state index contributed by atoms with van der Waals surface area (Å²) >= 11 is 1.70. The number of H-pyrrole nitrogens is 1. The average Bonchev–Trinajstić information content (AvgIpc) is 3.42. The van der Waals surface area contributed by atoms with Crippen molar-refractivity contribution in [1.82, 2.24) is 14.9 Å². The quantitative estimate of drug-likeness (QED) is 0.695. The highest BCUT2D eigenvalue weighted by atomic mass is 32.1. The summed E-state index contributed by atoms with van der Waals surface area (Å²) in [4.78, 5) is 11.7. The first kappa shape index (κ1) is 17.1. The average molecular weight is 369 g/mol. The number of hydrogen-bond acceptors (Lipinski definition) is 5. The van der Waals surface area contributed by atoms with Crippen molar-refractivity contribution in [3.8, 4) is 22.2 Å². The summed E-state index contributed by atoms with van der Waals surface area (Å²) in [5, 5.41) is 2.07. The molecule has 1 saturated heterocycles. The van der Waals surface area contributed by atoms with Crippen molar-refractivity contribution in [2.24, 2.45) is 0 Å². The maximum absolute atomic E-state index is 5.61. The van der Waals surface area contributed by atoms with Crippen molar-refractivity contribution in [3.63, 3.8) is 0 Å². The van der Waals surface area contributed by atoms with Crippen LogP contribution in [0.15, 0.2) is 41.9 Å². The highest BCUT2D eigenvalue weighted by Crippen LogP contribution is 2.39. The molecule has 0 aliphatic carbocycles. The number of aromatic amines is 1. The fourth-order valence-electron chi connectivity index (χ4n) is 3.66. The fraction of sp³-hybridized carbons (Fsp3) is 0.350. The van der Waals surface area contributed by atoms with E-state index in [1.165, 1.54) is 16.9 Å². The van der Waals surface area contributed by atoms with Crippen molar-refractivity contribution in [3.05, 3.63) is 53.2 Å². The van der Waals surface area contributed by atoms with Crippen LogP contribution in [0.1, 0.15) is 30.1 Å². The molecule has 1 fully saturated rings. The second-order valence-corrected chi connectivity index (χ2v) is 7.42. The summed E-state index contributed by atoms with van der Waals surface area (Å²) in [6, 6.07) is 10.5. The van der Waals surface area contributed by atoms with Crippen molar-refractivity contribution in [2.45, 2.75) is 25.4 Å². The Labute approximate surface area is 157 Å². The van der Waals surface area contributed by atoms with Gasteiger partial charge in [-0.1, -0.05) is 6.07 Å². The zero-order valence-corrected chi connectivity index (χ0v) is 15.9. The molecule has 1 atom stereocenters. The predicted octanol–water partition coefficient (Wildman–Crippen LogP) is 4.49. The Morgan fingerprint density at radius 3 is 2.96 bits per heavy atom. The molecule has 136 valence electrons. The molecular weight excluding hydrogens is 346 g/mol. The molecule has 0 unspecified atom stereocenters. The van der Waals surface area contributed by atoms with Gasteiger partial charge in [-0.25, -0.2) is 4.98 Å². The summed E-state index contributed by atoms with van der Waals surface area (Å²) in [7, 11) is 3.43. The zero-order chi connectivity index (χ0) is 17.9. The third kappa shape index (κ3) is 3.34. The summed E-state index contributed by atoms with van der Waals surface area (Å²) in [6.45, 7) is 1.92. The van der Waals surface area contributed by atoms with Crippen LogP contribution in [-0.2, 0) is 6.54 Å². The van der Waals surface area contributed by atoms with Gasteiger partial charge in [0.15, 0.2) is 0 Å². The number of rotatable bonds is 6. The van der Waals surface area contributed by atoms with Gasteiger partial charge in [0.05, 0.1) is 19.1 Å². The first-order valence-electron chi connectivity index (χ1n) is 8.82. The van der Waals surface area contributed by atoms with E-state index < -0.39 is 0 Å². The van der Waals surface area contributed by atoms with Crippen LogP contribution < -0.4 is 9.47 Å². The van der Waals surface area contributed by atoms with Crippen LogP contribution in [0.25, 0.3) is 10.7 Å². The molecule has 3 aromatic rings. The van der Waals surface area contributed by atoms with Crippen LogP contribution in [0.3, 0.4) is 0 Å². The maximum atomic E-state index is 5.61. The lowest BCUT2D eigenvalue weighted by Crippen LogP contribution is -2.23. The molecule has 3 heterocycles. The van der Waals surface area contributed by atoms with Gasteiger partial charge in [0.2, 0.25) is 0 Å². The molecule has 1 N–H and O–H groups in total. The molecule has 0 spiro atoms. The van der Waals surface area contributed by atoms with Gasteiger partial charge >= 0.3 is 0 Å². The molecule has 6 heteroatoms. The lowest BCUT2D eigenvalue weighted by molar-refractivity contribution is 0.240. The van der Waals surface area contributed by atoms with E-state index in [9.17, 15) is 0 Å². The van der Waals surface area contributed by atoms with E-state index in [2.05, 4.69) is 32.4 Å². The smallest absolute Gasteiger partial charge is 0.147 e. The summed E-state index contributed by atoms with van der Waals surface area (Å²) in [6.07, 6.45) is 4.25. The molecule has 0 bridgehead atoms. The van der Waals surface area contributed by atoms with E-state index in [0.717, 1.165) is 42.5 Å².